The second-order valence-corrected chi connectivity index (χ2v) is 8.98. The van der Waals surface area contributed by atoms with Crippen molar-refractivity contribution in [1.29, 1.82) is 0 Å². The van der Waals surface area contributed by atoms with Crippen LogP contribution in [0.2, 0.25) is 0 Å². The molecular weight excluding hydrogens is 440 g/mol. The van der Waals surface area contributed by atoms with Crippen LogP contribution in [0.25, 0.3) is 16.6 Å². The number of nitrogens with one attached hydrogen (secondary N) is 2. The number of tetrazole rings is 1. The smallest absolute Gasteiger partial charge is 0.223 e. The number of benzene rings is 2. The third kappa shape index (κ3) is 4.21. The summed E-state index contributed by atoms with van der Waals surface area (Å²) in [5.74, 6) is 1.01. The van der Waals surface area contributed by atoms with Gasteiger partial charge in [-0.1, -0.05) is 48.5 Å². The number of para-hydroxylation sites is 1. The number of H-pyrrole nitrogens is 1. The minimum Gasteiger partial charge on any atom is -0.361 e. The van der Waals surface area contributed by atoms with Gasteiger partial charge in [-0.15, -0.1) is 14.8 Å². The first kappa shape index (κ1) is 21.3. The van der Waals surface area contributed by atoms with Gasteiger partial charge < -0.3 is 15.2 Å². The molecule has 35 heavy (non-hydrogen) atoms. The van der Waals surface area contributed by atoms with Crippen molar-refractivity contribution in [3.63, 3.8) is 0 Å². The van der Waals surface area contributed by atoms with Crippen molar-refractivity contribution >= 4 is 28.3 Å². The van der Waals surface area contributed by atoms with Crippen LogP contribution in [0, 0.1) is 5.92 Å². The average molecular weight is 467 g/mol. The molecule has 1 saturated heterocycles. The lowest BCUT2D eigenvalue weighted by Gasteiger charge is -2.32. The quantitative estimate of drug-likeness (QED) is 0.398. The number of fused-ring (bicyclic) bond motifs is 2. The van der Waals surface area contributed by atoms with Gasteiger partial charge >= 0.3 is 0 Å². The van der Waals surface area contributed by atoms with Crippen molar-refractivity contribution in [2.24, 2.45) is 5.92 Å². The fourth-order valence-electron chi connectivity index (χ4n) is 5.00. The molecule has 176 valence electrons. The maximum atomic E-state index is 13.2. The Morgan fingerprint density at radius 2 is 1.83 bits per heavy atom. The highest BCUT2D eigenvalue weighted by molar-refractivity contribution is 5.84. The van der Waals surface area contributed by atoms with Gasteiger partial charge in [0.2, 0.25) is 5.91 Å². The lowest BCUT2D eigenvalue weighted by molar-refractivity contribution is -0.125. The van der Waals surface area contributed by atoms with Crippen LogP contribution >= 0.6 is 0 Å². The molecule has 9 nitrogen and oxygen atoms in total. The summed E-state index contributed by atoms with van der Waals surface area (Å²) in [5.41, 5.74) is 4.12. The van der Waals surface area contributed by atoms with Gasteiger partial charge in [0.05, 0.1) is 0 Å². The van der Waals surface area contributed by atoms with Crippen LogP contribution in [0.1, 0.15) is 29.9 Å². The predicted molar refractivity (Wildman–Crippen MR) is 133 cm³/mol. The highest BCUT2D eigenvalue weighted by atomic mass is 16.1. The van der Waals surface area contributed by atoms with E-state index in [9.17, 15) is 4.79 Å². The number of hydrogen-bond donors (Lipinski definition) is 2. The van der Waals surface area contributed by atoms with E-state index in [0.717, 1.165) is 37.3 Å². The van der Waals surface area contributed by atoms with Gasteiger partial charge in [0, 0.05) is 48.6 Å². The van der Waals surface area contributed by atoms with Crippen molar-refractivity contribution in [3.8, 4) is 0 Å². The van der Waals surface area contributed by atoms with Crippen molar-refractivity contribution in [2.75, 3.05) is 24.5 Å². The standard InChI is InChI=1S/C26H26N8O/c35-26(19-12-14-33(15-13-19)25-11-10-24-29-31-32-34(24)30-25)28-16-21(18-6-2-1-3-7-18)22-17-27-23-9-5-4-8-20(22)23/h1-11,17,19,21,27H,12-16H2,(H,28,35). The molecule has 1 amide bonds. The van der Waals surface area contributed by atoms with Crippen LogP contribution in [-0.2, 0) is 4.79 Å². The predicted octanol–water partition coefficient (Wildman–Crippen LogP) is 3.17. The van der Waals surface area contributed by atoms with E-state index in [-0.39, 0.29) is 17.7 Å². The van der Waals surface area contributed by atoms with Gasteiger partial charge in [-0.3, -0.25) is 4.79 Å². The summed E-state index contributed by atoms with van der Waals surface area (Å²) in [5, 5.41) is 20.3. The molecule has 1 aliphatic heterocycles. The number of hydrogen-bond acceptors (Lipinski definition) is 6. The summed E-state index contributed by atoms with van der Waals surface area (Å²) in [7, 11) is 0. The molecule has 5 aromatic rings. The topological polar surface area (TPSA) is 104 Å². The second-order valence-electron chi connectivity index (χ2n) is 8.98. The molecule has 3 aromatic heterocycles. The maximum absolute atomic E-state index is 13.2. The Balaban J connectivity index is 1.13. The molecule has 1 fully saturated rings. The Bertz CT molecular complexity index is 1450. The van der Waals surface area contributed by atoms with Gasteiger partial charge in [-0.25, -0.2) is 0 Å². The number of aromatic nitrogens is 6. The molecule has 0 aliphatic carbocycles. The normalized spacial score (nSPS) is 15.5. The van der Waals surface area contributed by atoms with E-state index < -0.39 is 0 Å². The number of aromatic amines is 1. The molecule has 0 spiro atoms. The summed E-state index contributed by atoms with van der Waals surface area (Å²) in [6, 6.07) is 22.5. The summed E-state index contributed by atoms with van der Waals surface area (Å²) in [4.78, 5) is 18.7. The second kappa shape index (κ2) is 9.17. The number of nitrogens with zero attached hydrogens (tertiary/aromatic N) is 6. The highest BCUT2D eigenvalue weighted by Gasteiger charge is 2.27. The fourth-order valence-corrected chi connectivity index (χ4v) is 5.00. The molecule has 1 atom stereocenters. The van der Waals surface area contributed by atoms with Crippen molar-refractivity contribution in [2.45, 2.75) is 18.8 Å². The third-order valence-corrected chi connectivity index (χ3v) is 6.92. The van der Waals surface area contributed by atoms with Gasteiger partial charge in [-0.2, -0.15) is 0 Å². The molecule has 4 heterocycles. The summed E-state index contributed by atoms with van der Waals surface area (Å²) < 4.78 is 1.43. The SMILES string of the molecule is O=C(NCC(c1ccccc1)c1c[nH]c2ccccc12)C1CCN(c2ccc3nnnn3n2)CC1. The van der Waals surface area contributed by atoms with Crippen LogP contribution < -0.4 is 10.2 Å². The summed E-state index contributed by atoms with van der Waals surface area (Å²) in [6.45, 7) is 2.09. The van der Waals surface area contributed by atoms with E-state index in [4.69, 9.17) is 0 Å². The number of carbonyl (C=O) groups excluding carboxylic acids is 1. The molecule has 2 aromatic carbocycles. The molecular formula is C26H26N8O. The van der Waals surface area contributed by atoms with E-state index in [2.05, 4.69) is 84.5 Å². The Labute approximate surface area is 202 Å². The Kier molecular flexibility index (Phi) is 5.57. The van der Waals surface area contributed by atoms with E-state index >= 15 is 0 Å². The summed E-state index contributed by atoms with van der Waals surface area (Å²) in [6.07, 6.45) is 3.63. The zero-order valence-corrected chi connectivity index (χ0v) is 19.2. The molecule has 6 rings (SSSR count). The van der Waals surface area contributed by atoms with Crippen molar-refractivity contribution in [3.05, 3.63) is 84.1 Å². The lowest BCUT2D eigenvalue weighted by atomic mass is 9.90. The van der Waals surface area contributed by atoms with Crippen LogP contribution in [0.3, 0.4) is 0 Å². The van der Waals surface area contributed by atoms with Crippen molar-refractivity contribution in [1.82, 2.24) is 35.6 Å². The van der Waals surface area contributed by atoms with Crippen LogP contribution in [0.4, 0.5) is 5.82 Å². The summed E-state index contributed by atoms with van der Waals surface area (Å²) >= 11 is 0. The average Bonchev–Trinajstić information content (AvgIpc) is 3.56. The van der Waals surface area contributed by atoms with Gasteiger partial charge in [0.15, 0.2) is 11.5 Å². The monoisotopic (exact) mass is 466 g/mol. The Morgan fingerprint density at radius 3 is 2.69 bits per heavy atom. The molecule has 0 bridgehead atoms. The van der Waals surface area contributed by atoms with Gasteiger partial charge in [0.1, 0.15) is 0 Å². The molecule has 0 saturated carbocycles. The maximum Gasteiger partial charge on any atom is 0.223 e. The van der Waals surface area contributed by atoms with E-state index in [1.165, 1.54) is 21.1 Å². The number of piperidine rings is 1. The largest absolute Gasteiger partial charge is 0.361 e. The number of amides is 1. The fraction of sp³-hybridized carbons (Fsp3) is 0.269. The van der Waals surface area contributed by atoms with E-state index in [1.807, 2.05) is 24.3 Å². The van der Waals surface area contributed by atoms with E-state index in [1.54, 1.807) is 0 Å². The first-order chi connectivity index (χ1) is 17.3. The minimum atomic E-state index is -0.0117. The van der Waals surface area contributed by atoms with Crippen LogP contribution in [-0.4, -0.2) is 55.8 Å². The first-order valence-corrected chi connectivity index (χ1v) is 12.0. The Morgan fingerprint density at radius 1 is 1.03 bits per heavy atom. The van der Waals surface area contributed by atoms with E-state index in [0.29, 0.717) is 12.2 Å². The zero-order valence-electron chi connectivity index (χ0n) is 19.2. The minimum absolute atomic E-state index is 0.0117. The zero-order chi connectivity index (χ0) is 23.6. The van der Waals surface area contributed by atoms with Gasteiger partial charge in [-0.05, 0) is 52.6 Å². The lowest BCUT2D eigenvalue weighted by Crippen LogP contribution is -2.42. The van der Waals surface area contributed by atoms with Crippen LogP contribution in [0.5, 0.6) is 0 Å². The number of rotatable bonds is 6. The molecule has 2 N–H and O–H groups in total. The molecule has 1 unspecified atom stereocenters. The number of anilines is 1. The Hall–Kier alpha value is -4.27. The molecule has 0 radical (unpaired) electrons. The number of carbonyl (C=O) groups is 1. The van der Waals surface area contributed by atoms with Crippen LogP contribution in [0.15, 0.2) is 72.9 Å². The third-order valence-electron chi connectivity index (χ3n) is 6.92. The molecule has 1 aliphatic rings. The van der Waals surface area contributed by atoms with Gasteiger partial charge in [0.25, 0.3) is 0 Å². The first-order valence-electron chi connectivity index (χ1n) is 12.0. The highest BCUT2D eigenvalue weighted by Crippen LogP contribution is 2.31. The molecule has 9 heteroatoms. The van der Waals surface area contributed by atoms with Crippen molar-refractivity contribution < 1.29 is 4.79 Å².